The second kappa shape index (κ2) is 22.5. The summed E-state index contributed by atoms with van der Waals surface area (Å²) in [7, 11) is 0. The molecule has 8 rings (SSSR count). The number of ether oxygens (including phenoxy) is 8. The fourth-order valence-electron chi connectivity index (χ4n) is 15.8. The maximum absolute atomic E-state index is 13.8. The number of carbonyl (C=O) groups excluding carboxylic acids is 2. The molecule has 3 aliphatic heterocycles. The molecule has 0 amide bonds. The van der Waals surface area contributed by atoms with Crippen LogP contribution in [0, 0.1) is 44.8 Å². The van der Waals surface area contributed by atoms with Crippen molar-refractivity contribution in [3.8, 4) is 0 Å². The number of esters is 2. The summed E-state index contributed by atoms with van der Waals surface area (Å²) in [6.45, 7) is 16.4. The average molecular weight is 1130 g/mol. The Hall–Kier alpha value is -3.05. The van der Waals surface area contributed by atoms with Gasteiger partial charge in [0.2, 0.25) is 0 Å². The first-order chi connectivity index (χ1) is 36.9. The Balaban J connectivity index is 1.12. The van der Waals surface area contributed by atoms with Crippen LogP contribution >= 0.6 is 0 Å². The van der Waals surface area contributed by atoms with Gasteiger partial charge < -0.3 is 99.2 Å². The smallest absolute Gasteiger partial charge is 0.335 e. The summed E-state index contributed by atoms with van der Waals surface area (Å²) >= 11 is 0. The maximum atomic E-state index is 13.8. The van der Waals surface area contributed by atoms with E-state index in [0.717, 1.165) is 5.57 Å². The van der Waals surface area contributed by atoms with Crippen molar-refractivity contribution >= 4 is 17.9 Å². The van der Waals surface area contributed by atoms with Crippen LogP contribution in [0.2, 0.25) is 0 Å². The molecule has 0 unspecified atom stereocenters. The molecule has 7 fully saturated rings. The summed E-state index contributed by atoms with van der Waals surface area (Å²) in [5.41, 5.74) is -4.32. The van der Waals surface area contributed by atoms with E-state index in [-0.39, 0.29) is 18.8 Å². The second-order valence-electron chi connectivity index (χ2n) is 25.4. The highest BCUT2D eigenvalue weighted by atomic mass is 16.8. The third-order valence-electron chi connectivity index (χ3n) is 20.9. The molecular formula is C56H86O23. The molecule has 12 N–H and O–H groups in total. The van der Waals surface area contributed by atoms with Crippen LogP contribution in [0.3, 0.4) is 0 Å². The summed E-state index contributed by atoms with van der Waals surface area (Å²) in [5, 5.41) is 134. The number of aliphatic carboxylic acids is 1. The molecule has 26 atom stereocenters. The molecule has 4 saturated carbocycles. The third kappa shape index (κ3) is 9.98. The topological polar surface area (TPSA) is 368 Å². The van der Waals surface area contributed by atoms with Crippen molar-refractivity contribution in [1.29, 1.82) is 0 Å². The zero-order valence-corrected chi connectivity index (χ0v) is 46.8. The SMILES string of the molecule is C/C=C(/C)C(=O)O[C@H]1[C@H](OC(=O)/C(C)=C\C)[C@]2(CO)[C@H](O)C[C@]3(C)C(=CC[C@@H]4[C@@]5(C)CC[C@H](O[C@@H]6O[C@H](C(=O)O)[C@@H](O)[C@H](O[C@@H]7O[C@@H](CO)[C@H](O)[C@H]7O)[C@H]6O[C@@H]6O[C@H](CO)[C@@H](O)[C@H](O)[C@H]6O)[C@](C)(O)[C@@H]5CC[C@]43C)[C@@H]2CC1(C)C. The van der Waals surface area contributed by atoms with Gasteiger partial charge in [0.15, 0.2) is 31.1 Å². The number of aliphatic hydroxyl groups is 11. The second-order valence-corrected chi connectivity index (χ2v) is 25.4. The Morgan fingerprint density at radius 2 is 1.20 bits per heavy atom. The number of allylic oxidation sites excluding steroid dienone is 4. The molecule has 3 heterocycles. The number of carboxylic acids is 1. The predicted octanol–water partition coefficient (Wildman–Crippen LogP) is 0.0167. The Morgan fingerprint density at radius 3 is 1.75 bits per heavy atom. The highest BCUT2D eigenvalue weighted by Crippen LogP contribution is 2.75. The fraction of sp³-hybridized carbons (Fsp3) is 0.839. The largest absolute Gasteiger partial charge is 0.479 e. The number of aliphatic hydroxyl groups excluding tert-OH is 10. The van der Waals surface area contributed by atoms with E-state index in [1.54, 1.807) is 46.8 Å². The third-order valence-corrected chi connectivity index (χ3v) is 20.9. The summed E-state index contributed by atoms with van der Waals surface area (Å²) in [6.07, 6.45) is -22.8. The molecule has 5 aliphatic carbocycles. The van der Waals surface area contributed by atoms with Crippen LogP contribution in [0.1, 0.15) is 114 Å². The van der Waals surface area contributed by atoms with Gasteiger partial charge in [-0.15, -0.1) is 0 Å². The van der Waals surface area contributed by atoms with Gasteiger partial charge in [0.05, 0.1) is 43.0 Å². The Labute approximate surface area is 460 Å². The zero-order chi connectivity index (χ0) is 58.4. The van der Waals surface area contributed by atoms with Crippen molar-refractivity contribution in [3.63, 3.8) is 0 Å². The molecule has 0 aromatic heterocycles. The number of carbonyl (C=O) groups is 3. The van der Waals surface area contributed by atoms with Crippen LogP contribution in [-0.2, 0) is 52.3 Å². The van der Waals surface area contributed by atoms with Gasteiger partial charge in [0, 0.05) is 16.6 Å². The highest BCUT2D eigenvalue weighted by molar-refractivity contribution is 5.89. The number of hydrogen-bond acceptors (Lipinski definition) is 22. The van der Waals surface area contributed by atoms with E-state index in [2.05, 4.69) is 26.8 Å². The van der Waals surface area contributed by atoms with Gasteiger partial charge in [0.25, 0.3) is 0 Å². The lowest BCUT2D eigenvalue weighted by atomic mass is 9.33. The summed E-state index contributed by atoms with van der Waals surface area (Å²) in [4.78, 5) is 40.2. The van der Waals surface area contributed by atoms with Gasteiger partial charge in [-0.2, -0.15) is 0 Å². The van der Waals surface area contributed by atoms with Gasteiger partial charge >= 0.3 is 17.9 Å². The molecule has 0 radical (unpaired) electrons. The lowest BCUT2D eigenvalue weighted by Crippen LogP contribution is -2.73. The van der Waals surface area contributed by atoms with Gasteiger partial charge in [-0.05, 0) is 114 Å². The van der Waals surface area contributed by atoms with Crippen LogP contribution < -0.4 is 0 Å². The molecule has 448 valence electrons. The van der Waals surface area contributed by atoms with Crippen molar-refractivity contribution in [2.24, 2.45) is 44.8 Å². The molecule has 79 heavy (non-hydrogen) atoms. The molecule has 23 nitrogen and oxygen atoms in total. The Kier molecular flexibility index (Phi) is 17.7. The first-order valence-electron chi connectivity index (χ1n) is 27.8. The molecule has 23 heteroatoms. The Morgan fingerprint density at radius 1 is 0.658 bits per heavy atom. The highest BCUT2D eigenvalue weighted by Gasteiger charge is 2.74. The zero-order valence-electron chi connectivity index (χ0n) is 46.8. The lowest BCUT2D eigenvalue weighted by Gasteiger charge is -2.72. The molecule has 3 saturated heterocycles. The molecule has 0 spiro atoms. The van der Waals surface area contributed by atoms with E-state index in [1.807, 2.05) is 13.8 Å². The van der Waals surface area contributed by atoms with E-state index in [4.69, 9.17) is 37.9 Å². The number of fused-ring (bicyclic) bond motifs is 7. The van der Waals surface area contributed by atoms with E-state index in [1.165, 1.54) is 0 Å². The molecule has 0 bridgehead atoms. The minimum absolute atomic E-state index is 0.131. The molecular weight excluding hydrogens is 1040 g/mol. The minimum Gasteiger partial charge on any atom is -0.479 e. The summed E-state index contributed by atoms with van der Waals surface area (Å²) in [6, 6.07) is 0. The van der Waals surface area contributed by atoms with Crippen LogP contribution in [0.25, 0.3) is 0 Å². The predicted molar refractivity (Wildman–Crippen MR) is 272 cm³/mol. The van der Waals surface area contributed by atoms with Crippen molar-refractivity contribution < 1.29 is 114 Å². The number of rotatable bonds is 14. The molecule has 8 aliphatic rings. The van der Waals surface area contributed by atoms with Crippen molar-refractivity contribution in [1.82, 2.24) is 0 Å². The summed E-state index contributed by atoms with van der Waals surface area (Å²) in [5.74, 6) is -4.16. The van der Waals surface area contributed by atoms with Crippen LogP contribution in [0.4, 0.5) is 0 Å². The van der Waals surface area contributed by atoms with Crippen LogP contribution in [-0.4, -0.2) is 215 Å². The molecule has 0 aromatic carbocycles. The van der Waals surface area contributed by atoms with Gasteiger partial charge in [-0.25, -0.2) is 14.4 Å². The normalized spacial score (nSPS) is 49.8. The first-order valence-corrected chi connectivity index (χ1v) is 27.8. The maximum Gasteiger partial charge on any atom is 0.335 e. The number of hydrogen-bond donors (Lipinski definition) is 12. The average Bonchev–Trinajstić information content (AvgIpc) is 3.80. The van der Waals surface area contributed by atoms with Crippen molar-refractivity contribution in [2.75, 3.05) is 19.8 Å². The first kappa shape index (κ1) is 62.0. The molecule has 0 aromatic rings. The van der Waals surface area contributed by atoms with Crippen molar-refractivity contribution in [3.05, 3.63) is 34.9 Å². The monoisotopic (exact) mass is 1130 g/mol. The van der Waals surface area contributed by atoms with E-state index < -0.39 is 193 Å². The van der Waals surface area contributed by atoms with Gasteiger partial charge in [-0.1, -0.05) is 58.4 Å². The number of carboxylic acid groups (broad SMARTS) is 1. The summed E-state index contributed by atoms with van der Waals surface area (Å²) < 4.78 is 48.6. The van der Waals surface area contributed by atoms with E-state index in [0.29, 0.717) is 43.3 Å². The van der Waals surface area contributed by atoms with E-state index >= 15 is 0 Å². The minimum atomic E-state index is -2.17. The lowest BCUT2D eigenvalue weighted by molar-refractivity contribution is -0.388. The standard InChI is InChI=1S/C56H86O23/c1-11-24(3)46(69)78-43-44(79-47(70)25(4)12-2)56(23-59)27(19-51(43,5)6)26-13-14-30-52(7)17-16-33(55(10,71)31(52)15-18-53(30,8)54(26,9)20-32(56)60)74-50-42(77-49-38(65)36(63)34(61)28(21-57)72-49)40(39(66)41(76-50)45(67)68)75-48-37(64)35(62)29(22-58)73-48/h11-13,27-44,48-50,57-66,71H,14-23H2,1-10H3,(H,67,68)/b24-11-,25-12-/t27-,28+,29-,30+,31+,32+,33-,34+,35-,36-,37+,38+,39-,40-,41-,42+,43-,44-,48-,49-,50+,52+,53+,54+,55+,56-/m0/s1. The van der Waals surface area contributed by atoms with Gasteiger partial charge in [-0.3, -0.25) is 0 Å². The van der Waals surface area contributed by atoms with E-state index in [9.17, 15) is 75.7 Å². The van der Waals surface area contributed by atoms with Crippen LogP contribution in [0.5, 0.6) is 0 Å². The quantitative estimate of drug-likeness (QED) is 0.0472. The fourth-order valence-corrected chi connectivity index (χ4v) is 15.8. The van der Waals surface area contributed by atoms with Gasteiger partial charge in [0.1, 0.15) is 67.1 Å². The van der Waals surface area contributed by atoms with Crippen molar-refractivity contribution in [2.45, 2.75) is 230 Å². The van der Waals surface area contributed by atoms with Crippen LogP contribution in [0.15, 0.2) is 34.9 Å². The Bertz CT molecular complexity index is 2350.